The molecule has 140 valence electrons. The Labute approximate surface area is 160 Å². The van der Waals surface area contributed by atoms with Crippen molar-refractivity contribution in [2.24, 2.45) is 0 Å². The van der Waals surface area contributed by atoms with Crippen molar-refractivity contribution in [2.75, 3.05) is 19.4 Å². The predicted octanol–water partition coefficient (Wildman–Crippen LogP) is 3.63. The molecule has 0 aliphatic carbocycles. The molecule has 26 heavy (non-hydrogen) atoms. The second-order valence-corrected chi connectivity index (χ2v) is 7.53. The molecule has 2 rings (SSSR count). The van der Waals surface area contributed by atoms with Crippen LogP contribution in [0.15, 0.2) is 41.3 Å². The molecule has 2 aromatic rings. The minimum atomic E-state index is -4.58. The number of hydrazine groups is 1. The van der Waals surface area contributed by atoms with Gasteiger partial charge in [-0.25, -0.2) is 9.80 Å². The standard InChI is InChI=1S/C15H15Cl2N3O5S/c1-20(2)19-15(21)18-11-7-9(16)3-5-12(11)25-13-6-4-10(17)8-14(13)26(22,23)24/h3-8H,1-2H3,(H2,18,19,21)(H,22,23,24). The molecule has 0 fully saturated rings. The van der Waals surface area contributed by atoms with Gasteiger partial charge in [0.1, 0.15) is 10.6 Å². The zero-order valence-corrected chi connectivity index (χ0v) is 16.0. The van der Waals surface area contributed by atoms with Gasteiger partial charge in [0.2, 0.25) is 0 Å². The lowest BCUT2D eigenvalue weighted by atomic mass is 10.3. The highest BCUT2D eigenvalue weighted by Crippen LogP contribution is 2.36. The number of ether oxygens (including phenoxy) is 1. The molecule has 0 aromatic heterocycles. The summed E-state index contributed by atoms with van der Waals surface area (Å²) < 4.78 is 38.0. The third-order valence-electron chi connectivity index (χ3n) is 2.92. The third-order valence-corrected chi connectivity index (χ3v) is 4.26. The van der Waals surface area contributed by atoms with Crippen molar-refractivity contribution in [3.8, 4) is 11.5 Å². The SMILES string of the molecule is CN(C)NC(=O)Nc1cc(Cl)ccc1Oc1ccc(Cl)cc1S(=O)(=O)O. The topological polar surface area (TPSA) is 108 Å². The van der Waals surface area contributed by atoms with E-state index in [1.54, 1.807) is 14.1 Å². The first kappa shape index (κ1) is 20.3. The Morgan fingerprint density at radius 1 is 1.08 bits per heavy atom. The number of nitrogens with one attached hydrogen (secondary N) is 2. The molecule has 11 heteroatoms. The number of urea groups is 1. The predicted molar refractivity (Wildman–Crippen MR) is 98.6 cm³/mol. The maximum Gasteiger partial charge on any atom is 0.333 e. The van der Waals surface area contributed by atoms with E-state index in [1.165, 1.54) is 35.3 Å². The first-order valence-corrected chi connectivity index (χ1v) is 9.25. The zero-order valence-electron chi connectivity index (χ0n) is 13.7. The Hall–Kier alpha value is -2.04. The maximum absolute atomic E-state index is 11.9. The third kappa shape index (κ3) is 5.48. The van der Waals surface area contributed by atoms with Crippen molar-refractivity contribution in [2.45, 2.75) is 4.90 Å². The molecule has 0 spiro atoms. The maximum atomic E-state index is 11.9. The van der Waals surface area contributed by atoms with Crippen molar-refractivity contribution in [1.82, 2.24) is 10.4 Å². The number of carbonyl (C=O) groups excluding carboxylic acids is 1. The molecule has 0 atom stereocenters. The molecule has 0 unspecified atom stereocenters. The van der Waals surface area contributed by atoms with Crippen molar-refractivity contribution >= 4 is 45.0 Å². The molecular formula is C15H15Cl2N3O5S. The van der Waals surface area contributed by atoms with E-state index in [0.717, 1.165) is 6.07 Å². The van der Waals surface area contributed by atoms with E-state index in [4.69, 9.17) is 27.9 Å². The fourth-order valence-corrected chi connectivity index (χ4v) is 2.98. The number of rotatable bonds is 5. The Kier molecular flexibility index (Phi) is 6.32. The van der Waals surface area contributed by atoms with Gasteiger partial charge in [-0.05, 0) is 36.4 Å². The normalized spacial score (nSPS) is 11.3. The Balaban J connectivity index is 2.40. The minimum absolute atomic E-state index is 0.102. The van der Waals surface area contributed by atoms with Gasteiger partial charge in [0.15, 0.2) is 5.75 Å². The largest absolute Gasteiger partial charge is 0.454 e. The molecule has 0 saturated heterocycles. The van der Waals surface area contributed by atoms with Crippen molar-refractivity contribution < 1.29 is 22.5 Å². The number of nitrogens with zero attached hydrogens (tertiary/aromatic N) is 1. The summed E-state index contributed by atoms with van der Waals surface area (Å²) in [6, 6.07) is 7.53. The second-order valence-electron chi connectivity index (χ2n) is 5.27. The Bertz CT molecular complexity index is 935. The van der Waals surface area contributed by atoms with Crippen LogP contribution in [0.3, 0.4) is 0 Å². The lowest BCUT2D eigenvalue weighted by Gasteiger charge is -2.16. The number of carbonyl (C=O) groups is 1. The number of anilines is 1. The molecule has 8 nitrogen and oxygen atoms in total. The molecule has 0 saturated carbocycles. The molecule has 0 heterocycles. The fraction of sp³-hybridized carbons (Fsp3) is 0.133. The van der Waals surface area contributed by atoms with Crippen LogP contribution in [0, 0.1) is 0 Å². The molecule has 2 amide bonds. The molecule has 0 aliphatic rings. The van der Waals surface area contributed by atoms with Crippen LogP contribution in [0.4, 0.5) is 10.5 Å². The highest BCUT2D eigenvalue weighted by molar-refractivity contribution is 7.86. The summed E-state index contributed by atoms with van der Waals surface area (Å²) >= 11 is 11.7. The fourth-order valence-electron chi connectivity index (χ4n) is 1.93. The van der Waals surface area contributed by atoms with E-state index in [0.29, 0.717) is 5.02 Å². The highest BCUT2D eigenvalue weighted by Gasteiger charge is 2.19. The molecule has 3 N–H and O–H groups in total. The highest BCUT2D eigenvalue weighted by atomic mass is 35.5. The van der Waals surface area contributed by atoms with Crippen molar-refractivity contribution in [3.63, 3.8) is 0 Å². The number of hydrogen-bond acceptors (Lipinski definition) is 5. The molecule has 0 aliphatic heterocycles. The average molecular weight is 420 g/mol. The van der Waals surface area contributed by atoms with Gasteiger partial charge in [0, 0.05) is 24.1 Å². The minimum Gasteiger partial charge on any atom is -0.454 e. The lowest BCUT2D eigenvalue weighted by Crippen LogP contribution is -2.39. The Morgan fingerprint density at radius 2 is 1.65 bits per heavy atom. The smallest absolute Gasteiger partial charge is 0.333 e. The number of benzene rings is 2. The zero-order chi connectivity index (χ0) is 19.5. The van der Waals surface area contributed by atoms with Crippen LogP contribution in [0.1, 0.15) is 0 Å². The van der Waals surface area contributed by atoms with Gasteiger partial charge in [-0.2, -0.15) is 8.42 Å². The summed E-state index contributed by atoms with van der Waals surface area (Å²) in [7, 11) is -1.33. The molecular weight excluding hydrogens is 405 g/mol. The summed E-state index contributed by atoms with van der Waals surface area (Å²) in [5.74, 6) is -0.0641. The van der Waals surface area contributed by atoms with Crippen LogP contribution < -0.4 is 15.5 Å². The quantitative estimate of drug-likeness (QED) is 0.504. The summed E-state index contributed by atoms with van der Waals surface area (Å²) in [4.78, 5) is 11.4. The van der Waals surface area contributed by atoms with Crippen LogP contribution in [-0.4, -0.2) is 38.1 Å². The van der Waals surface area contributed by atoms with Gasteiger partial charge in [0.25, 0.3) is 10.1 Å². The van der Waals surface area contributed by atoms with E-state index >= 15 is 0 Å². The van der Waals surface area contributed by atoms with Crippen LogP contribution in [0.5, 0.6) is 11.5 Å². The van der Waals surface area contributed by atoms with E-state index in [1.807, 2.05) is 0 Å². The van der Waals surface area contributed by atoms with Gasteiger partial charge in [-0.3, -0.25) is 9.98 Å². The van der Waals surface area contributed by atoms with Gasteiger partial charge in [-0.15, -0.1) is 0 Å². The number of halogens is 2. The van der Waals surface area contributed by atoms with Crippen LogP contribution in [0.2, 0.25) is 10.0 Å². The van der Waals surface area contributed by atoms with E-state index in [2.05, 4.69) is 10.7 Å². The van der Waals surface area contributed by atoms with Gasteiger partial charge in [-0.1, -0.05) is 23.2 Å². The Morgan fingerprint density at radius 3 is 2.23 bits per heavy atom. The summed E-state index contributed by atoms with van der Waals surface area (Å²) in [6.45, 7) is 0. The molecule has 2 aromatic carbocycles. The van der Waals surface area contributed by atoms with Gasteiger partial charge >= 0.3 is 6.03 Å². The van der Waals surface area contributed by atoms with E-state index in [-0.39, 0.29) is 22.2 Å². The first-order chi connectivity index (χ1) is 12.1. The number of hydrogen-bond donors (Lipinski definition) is 3. The van der Waals surface area contributed by atoms with Gasteiger partial charge in [0.05, 0.1) is 5.69 Å². The van der Waals surface area contributed by atoms with Crippen molar-refractivity contribution in [1.29, 1.82) is 0 Å². The summed E-state index contributed by atoms with van der Waals surface area (Å²) in [5, 5.41) is 4.38. The summed E-state index contributed by atoms with van der Waals surface area (Å²) in [5.41, 5.74) is 2.66. The molecule has 0 radical (unpaired) electrons. The van der Waals surface area contributed by atoms with Crippen LogP contribution >= 0.6 is 23.2 Å². The summed E-state index contributed by atoms with van der Waals surface area (Å²) in [6.07, 6.45) is 0. The van der Waals surface area contributed by atoms with Crippen LogP contribution in [0.25, 0.3) is 0 Å². The van der Waals surface area contributed by atoms with Crippen molar-refractivity contribution in [3.05, 3.63) is 46.4 Å². The monoisotopic (exact) mass is 419 g/mol. The molecule has 0 bridgehead atoms. The van der Waals surface area contributed by atoms with E-state index < -0.39 is 21.0 Å². The van der Waals surface area contributed by atoms with Gasteiger partial charge < -0.3 is 10.1 Å². The van der Waals surface area contributed by atoms with Crippen LogP contribution in [-0.2, 0) is 10.1 Å². The average Bonchev–Trinajstić information content (AvgIpc) is 2.49. The second kappa shape index (κ2) is 8.11. The number of amides is 2. The van der Waals surface area contributed by atoms with E-state index in [9.17, 15) is 17.8 Å². The lowest BCUT2D eigenvalue weighted by molar-refractivity contribution is 0.224. The first-order valence-electron chi connectivity index (χ1n) is 7.05.